The number of rotatable bonds is 2. The molecule has 2 aromatic rings. The monoisotopic (exact) mass is 243 g/mol. The highest BCUT2D eigenvalue weighted by Gasteiger charge is 2.09. The molecular formula is C12H9N3OS. The van der Waals surface area contributed by atoms with Gasteiger partial charge < -0.3 is 4.98 Å². The summed E-state index contributed by atoms with van der Waals surface area (Å²) in [6.45, 7) is 0. The van der Waals surface area contributed by atoms with E-state index in [2.05, 4.69) is 9.97 Å². The smallest absolute Gasteiger partial charge is 0.267 e. The molecule has 2 rings (SSSR count). The lowest BCUT2D eigenvalue weighted by Crippen LogP contribution is -2.12. The maximum Gasteiger partial charge on any atom is 0.267 e. The van der Waals surface area contributed by atoms with Gasteiger partial charge >= 0.3 is 0 Å². The van der Waals surface area contributed by atoms with Gasteiger partial charge in [0.25, 0.3) is 5.56 Å². The first kappa shape index (κ1) is 11.4. The number of nitrogens with one attached hydrogen (secondary N) is 1. The highest BCUT2D eigenvalue weighted by Crippen LogP contribution is 2.22. The molecule has 5 heteroatoms. The fourth-order valence-electron chi connectivity index (χ4n) is 1.48. The number of aromatic nitrogens is 2. The van der Waals surface area contributed by atoms with Gasteiger partial charge in [-0.1, -0.05) is 0 Å². The van der Waals surface area contributed by atoms with Crippen LogP contribution in [-0.4, -0.2) is 16.2 Å². The van der Waals surface area contributed by atoms with Crippen LogP contribution in [0.2, 0.25) is 0 Å². The summed E-state index contributed by atoms with van der Waals surface area (Å²) < 4.78 is 0. The van der Waals surface area contributed by atoms with Crippen molar-refractivity contribution < 1.29 is 0 Å². The van der Waals surface area contributed by atoms with Crippen molar-refractivity contribution in [1.82, 2.24) is 9.97 Å². The van der Waals surface area contributed by atoms with Crippen molar-refractivity contribution in [3.63, 3.8) is 0 Å². The molecule has 1 N–H and O–H groups in total. The first-order chi connectivity index (χ1) is 8.26. The van der Waals surface area contributed by atoms with Crippen LogP contribution in [0.5, 0.6) is 0 Å². The van der Waals surface area contributed by atoms with Gasteiger partial charge in [0, 0.05) is 22.9 Å². The Balaban J connectivity index is 2.64. The van der Waals surface area contributed by atoms with Crippen LogP contribution >= 0.6 is 11.8 Å². The lowest BCUT2D eigenvalue weighted by atomic mass is 10.1. The molecule has 0 unspecified atom stereocenters. The van der Waals surface area contributed by atoms with Gasteiger partial charge in [-0.3, -0.25) is 9.78 Å². The second kappa shape index (κ2) is 4.85. The molecule has 0 radical (unpaired) electrons. The Morgan fingerprint density at radius 3 is 2.94 bits per heavy atom. The van der Waals surface area contributed by atoms with Gasteiger partial charge in [0.1, 0.15) is 11.6 Å². The number of H-pyrrole nitrogens is 1. The molecule has 2 heterocycles. The van der Waals surface area contributed by atoms with E-state index in [0.29, 0.717) is 10.6 Å². The average Bonchev–Trinajstić information content (AvgIpc) is 2.38. The number of hydrogen-bond donors (Lipinski definition) is 1. The van der Waals surface area contributed by atoms with E-state index in [1.54, 1.807) is 24.5 Å². The Morgan fingerprint density at radius 1 is 1.53 bits per heavy atom. The lowest BCUT2D eigenvalue weighted by Gasteiger charge is -2.04. The van der Waals surface area contributed by atoms with Gasteiger partial charge in [-0.25, -0.2) is 0 Å². The maximum absolute atomic E-state index is 11.7. The summed E-state index contributed by atoms with van der Waals surface area (Å²) in [6.07, 6.45) is 5.17. The molecule has 17 heavy (non-hydrogen) atoms. The minimum absolute atomic E-state index is 0.158. The molecule has 2 aromatic heterocycles. The average molecular weight is 243 g/mol. The van der Waals surface area contributed by atoms with Crippen LogP contribution in [0.4, 0.5) is 0 Å². The summed E-state index contributed by atoms with van der Waals surface area (Å²) in [5, 5.41) is 8.90. The zero-order chi connectivity index (χ0) is 12.3. The predicted molar refractivity (Wildman–Crippen MR) is 66.8 cm³/mol. The third-order valence-corrected chi connectivity index (χ3v) is 3.06. The summed E-state index contributed by atoms with van der Waals surface area (Å²) in [5.74, 6) is 0. The molecule has 0 atom stereocenters. The molecule has 0 amide bonds. The van der Waals surface area contributed by atoms with Crippen LogP contribution in [-0.2, 0) is 0 Å². The van der Waals surface area contributed by atoms with E-state index < -0.39 is 0 Å². The van der Waals surface area contributed by atoms with Crippen LogP contribution in [0.25, 0.3) is 11.3 Å². The van der Waals surface area contributed by atoms with Gasteiger partial charge in [0.2, 0.25) is 0 Å². The Bertz CT molecular complexity index is 628. The van der Waals surface area contributed by atoms with E-state index >= 15 is 0 Å². The van der Waals surface area contributed by atoms with Gasteiger partial charge in [0.15, 0.2) is 0 Å². The van der Waals surface area contributed by atoms with E-state index in [4.69, 9.17) is 5.26 Å². The first-order valence-corrected chi connectivity index (χ1v) is 6.10. The number of nitriles is 1. The molecule has 0 aliphatic rings. The molecule has 0 saturated carbocycles. The van der Waals surface area contributed by atoms with Crippen molar-refractivity contribution in [2.75, 3.05) is 6.26 Å². The Morgan fingerprint density at radius 2 is 2.35 bits per heavy atom. The van der Waals surface area contributed by atoms with Gasteiger partial charge in [-0.05, 0) is 24.5 Å². The molecule has 0 aliphatic carbocycles. The number of pyridine rings is 2. The van der Waals surface area contributed by atoms with Crippen LogP contribution < -0.4 is 5.56 Å². The maximum atomic E-state index is 11.7. The predicted octanol–water partition coefficient (Wildman–Crippen LogP) is 2.03. The highest BCUT2D eigenvalue weighted by atomic mass is 32.2. The summed E-state index contributed by atoms with van der Waals surface area (Å²) >= 11 is 1.38. The molecule has 0 aromatic carbocycles. The summed E-state index contributed by atoms with van der Waals surface area (Å²) in [7, 11) is 0. The third-order valence-electron chi connectivity index (χ3n) is 2.30. The quantitative estimate of drug-likeness (QED) is 0.819. The highest BCUT2D eigenvalue weighted by molar-refractivity contribution is 7.98. The van der Waals surface area contributed by atoms with Crippen molar-refractivity contribution in [3.8, 4) is 17.3 Å². The summed E-state index contributed by atoms with van der Waals surface area (Å²) in [5.41, 5.74) is 1.29. The van der Waals surface area contributed by atoms with Crippen LogP contribution in [0.1, 0.15) is 5.56 Å². The Kier molecular flexibility index (Phi) is 3.26. The lowest BCUT2D eigenvalue weighted by molar-refractivity contribution is 1.15. The van der Waals surface area contributed by atoms with Crippen molar-refractivity contribution in [2.45, 2.75) is 4.90 Å². The Hall–Kier alpha value is -2.06. The van der Waals surface area contributed by atoms with E-state index in [0.717, 1.165) is 5.56 Å². The van der Waals surface area contributed by atoms with Crippen molar-refractivity contribution in [1.29, 1.82) is 5.26 Å². The van der Waals surface area contributed by atoms with Crippen molar-refractivity contribution in [3.05, 3.63) is 46.5 Å². The Labute approximate surface area is 102 Å². The standard InChI is InChI=1S/C12H9N3OS/c1-17-11-5-10(8-3-2-4-14-7-8)15-12(16)9(11)6-13/h2-5,7H,1H3,(H,15,16). The fourth-order valence-corrected chi connectivity index (χ4v) is 2.06. The van der Waals surface area contributed by atoms with Crippen LogP contribution in [0.15, 0.2) is 40.3 Å². The zero-order valence-corrected chi connectivity index (χ0v) is 9.91. The van der Waals surface area contributed by atoms with Crippen molar-refractivity contribution >= 4 is 11.8 Å². The topological polar surface area (TPSA) is 69.5 Å². The van der Waals surface area contributed by atoms with Gasteiger partial charge in [-0.15, -0.1) is 11.8 Å². The molecule has 84 valence electrons. The molecule has 0 saturated heterocycles. The van der Waals surface area contributed by atoms with Crippen LogP contribution in [0, 0.1) is 11.3 Å². The van der Waals surface area contributed by atoms with E-state index in [1.165, 1.54) is 11.8 Å². The number of hydrogen-bond acceptors (Lipinski definition) is 4. The number of nitrogens with zero attached hydrogens (tertiary/aromatic N) is 2. The SMILES string of the molecule is CSc1cc(-c2cccnc2)[nH]c(=O)c1C#N. The summed E-state index contributed by atoms with van der Waals surface area (Å²) in [4.78, 5) is 19.1. The minimum atomic E-state index is -0.363. The van der Waals surface area contributed by atoms with Gasteiger partial charge in [-0.2, -0.15) is 5.26 Å². The molecule has 0 spiro atoms. The molecule has 4 nitrogen and oxygen atoms in total. The van der Waals surface area contributed by atoms with Crippen LogP contribution in [0.3, 0.4) is 0 Å². The third kappa shape index (κ3) is 2.22. The van der Waals surface area contributed by atoms with Gasteiger partial charge in [0.05, 0.1) is 5.69 Å². The first-order valence-electron chi connectivity index (χ1n) is 4.88. The second-order valence-corrected chi connectivity index (χ2v) is 4.16. The largest absolute Gasteiger partial charge is 0.321 e. The minimum Gasteiger partial charge on any atom is -0.321 e. The summed E-state index contributed by atoms with van der Waals surface area (Å²) in [6, 6.07) is 7.36. The van der Waals surface area contributed by atoms with Crippen molar-refractivity contribution in [2.24, 2.45) is 0 Å². The normalized spacial score (nSPS) is 9.88. The number of aromatic amines is 1. The number of thioether (sulfide) groups is 1. The van der Waals surface area contributed by atoms with E-state index in [9.17, 15) is 4.79 Å². The second-order valence-electron chi connectivity index (χ2n) is 3.31. The molecular weight excluding hydrogens is 234 g/mol. The molecule has 0 bridgehead atoms. The fraction of sp³-hybridized carbons (Fsp3) is 0.0833. The van der Waals surface area contributed by atoms with E-state index in [-0.39, 0.29) is 11.1 Å². The zero-order valence-electron chi connectivity index (χ0n) is 9.10. The molecule has 0 aliphatic heterocycles. The molecule has 0 fully saturated rings. The van der Waals surface area contributed by atoms with E-state index in [1.807, 2.05) is 18.4 Å².